The lowest BCUT2D eigenvalue weighted by atomic mass is 9.95. The molecular weight excluding hydrogens is 433 g/mol. The van der Waals surface area contributed by atoms with Gasteiger partial charge in [-0.3, -0.25) is 4.79 Å². The number of nitrogens with one attached hydrogen (secondary N) is 1. The van der Waals surface area contributed by atoms with Gasteiger partial charge in [0.05, 0.1) is 18.3 Å². The van der Waals surface area contributed by atoms with Gasteiger partial charge in [-0.25, -0.2) is 0 Å². The fourth-order valence-electron chi connectivity index (χ4n) is 4.97. The number of hydrogen-bond donors (Lipinski definition) is 1. The molecule has 1 aromatic carbocycles. The number of amides is 1. The standard InChI is InChI=1S/C22H29F3N2O3.C3H8/c1-29-20-13-30-9-7-19(20)26-18-5-3-15(11-18)21(28)27-8-6-14-2-4-17(22(23,24)25)10-16(14)12-27;1-3-2/h2,4,10,15,18-20,26H,3,5-9,11-13H2,1H3;3H2,1-2H3. The fraction of sp³-hybridized carbons (Fsp3) is 0.720. The van der Waals surface area contributed by atoms with E-state index in [1.54, 1.807) is 18.1 Å². The minimum atomic E-state index is -4.37. The number of hydrogen-bond acceptors (Lipinski definition) is 4. The number of fused-ring (bicyclic) bond motifs is 1. The molecule has 2 heterocycles. The second kappa shape index (κ2) is 11.7. The Hall–Kier alpha value is -1.64. The molecule has 1 saturated carbocycles. The molecule has 1 amide bonds. The summed E-state index contributed by atoms with van der Waals surface area (Å²) in [7, 11) is 1.69. The SMILES string of the molecule is CCC.COC1COCCC1NC1CCC(C(=O)N2CCc3ccc(C(F)(F)F)cc3C2)C1. The number of carbonyl (C=O) groups excluding carboxylic acids is 1. The van der Waals surface area contributed by atoms with E-state index in [1.165, 1.54) is 12.5 Å². The van der Waals surface area contributed by atoms with Gasteiger partial charge in [0.15, 0.2) is 0 Å². The van der Waals surface area contributed by atoms with Crippen LogP contribution in [0.1, 0.15) is 62.6 Å². The van der Waals surface area contributed by atoms with Crippen LogP contribution < -0.4 is 5.32 Å². The van der Waals surface area contributed by atoms with Crippen molar-refractivity contribution >= 4 is 5.91 Å². The van der Waals surface area contributed by atoms with Crippen molar-refractivity contribution < 1.29 is 27.4 Å². The number of benzene rings is 1. The number of carbonyl (C=O) groups is 1. The molecule has 3 aliphatic rings. The molecule has 2 fully saturated rings. The van der Waals surface area contributed by atoms with Crippen LogP contribution in [-0.2, 0) is 33.4 Å². The van der Waals surface area contributed by atoms with Crippen LogP contribution in [0.25, 0.3) is 0 Å². The van der Waals surface area contributed by atoms with Gasteiger partial charge in [-0.15, -0.1) is 0 Å². The van der Waals surface area contributed by atoms with E-state index >= 15 is 0 Å². The third-order valence-electron chi connectivity index (χ3n) is 6.70. The van der Waals surface area contributed by atoms with Gasteiger partial charge in [-0.2, -0.15) is 13.2 Å². The molecule has 4 unspecified atom stereocenters. The summed E-state index contributed by atoms with van der Waals surface area (Å²) < 4.78 is 50.1. The molecule has 0 aromatic heterocycles. The van der Waals surface area contributed by atoms with Gasteiger partial charge in [0.25, 0.3) is 0 Å². The molecular formula is C25H37F3N2O3. The zero-order valence-electron chi connectivity index (χ0n) is 19.9. The number of ether oxygens (including phenoxy) is 2. The molecule has 1 N–H and O–H groups in total. The Morgan fingerprint density at radius 3 is 2.67 bits per heavy atom. The molecule has 1 aromatic rings. The van der Waals surface area contributed by atoms with Gasteiger partial charge in [-0.05, 0) is 55.4 Å². The minimum absolute atomic E-state index is 0.0231. The lowest BCUT2D eigenvalue weighted by Crippen LogP contribution is -2.50. The molecule has 4 atom stereocenters. The van der Waals surface area contributed by atoms with E-state index < -0.39 is 11.7 Å². The molecule has 0 spiro atoms. The van der Waals surface area contributed by atoms with Gasteiger partial charge in [-0.1, -0.05) is 26.3 Å². The molecule has 8 heteroatoms. The van der Waals surface area contributed by atoms with Crippen LogP contribution in [0.5, 0.6) is 0 Å². The molecule has 0 radical (unpaired) electrons. The maximum absolute atomic E-state index is 13.1. The third kappa shape index (κ3) is 6.70. The largest absolute Gasteiger partial charge is 0.416 e. The van der Waals surface area contributed by atoms with E-state index in [0.717, 1.165) is 37.3 Å². The van der Waals surface area contributed by atoms with Gasteiger partial charge >= 0.3 is 6.18 Å². The highest BCUT2D eigenvalue weighted by atomic mass is 19.4. The molecule has 186 valence electrons. The fourth-order valence-corrected chi connectivity index (χ4v) is 4.97. The van der Waals surface area contributed by atoms with Crippen LogP contribution in [0.15, 0.2) is 18.2 Å². The first kappa shape index (κ1) is 26.0. The van der Waals surface area contributed by atoms with Crippen LogP contribution in [0.4, 0.5) is 13.2 Å². The first-order valence-corrected chi connectivity index (χ1v) is 12.1. The summed E-state index contributed by atoms with van der Waals surface area (Å²) in [6.45, 7) is 6.37. The van der Waals surface area contributed by atoms with E-state index in [-0.39, 0.29) is 36.6 Å². The van der Waals surface area contributed by atoms with Gasteiger partial charge in [0.2, 0.25) is 5.91 Å². The zero-order valence-corrected chi connectivity index (χ0v) is 19.9. The normalized spacial score (nSPS) is 27.5. The molecule has 1 saturated heterocycles. The zero-order chi connectivity index (χ0) is 24.0. The molecule has 4 rings (SSSR count). The van der Waals surface area contributed by atoms with E-state index in [4.69, 9.17) is 9.47 Å². The Balaban J connectivity index is 0.000000968. The van der Waals surface area contributed by atoms with Crippen molar-refractivity contribution in [1.82, 2.24) is 10.2 Å². The first-order chi connectivity index (χ1) is 15.8. The number of halogens is 3. The van der Waals surface area contributed by atoms with Crippen molar-refractivity contribution in [3.8, 4) is 0 Å². The maximum atomic E-state index is 13.1. The minimum Gasteiger partial charge on any atom is -0.379 e. The highest BCUT2D eigenvalue weighted by Crippen LogP contribution is 2.34. The van der Waals surface area contributed by atoms with Crippen molar-refractivity contribution in [3.63, 3.8) is 0 Å². The van der Waals surface area contributed by atoms with Crippen LogP contribution >= 0.6 is 0 Å². The highest BCUT2D eigenvalue weighted by Gasteiger charge is 2.37. The second-order valence-electron chi connectivity index (χ2n) is 9.32. The molecule has 33 heavy (non-hydrogen) atoms. The lowest BCUT2D eigenvalue weighted by Gasteiger charge is -2.33. The first-order valence-electron chi connectivity index (χ1n) is 12.1. The van der Waals surface area contributed by atoms with Crippen LogP contribution in [-0.4, -0.2) is 55.9 Å². The van der Waals surface area contributed by atoms with Crippen LogP contribution in [0, 0.1) is 5.92 Å². The number of alkyl halides is 3. The summed E-state index contributed by atoms with van der Waals surface area (Å²) in [5.74, 6) is -0.00619. The average Bonchev–Trinajstić information content (AvgIpc) is 3.26. The van der Waals surface area contributed by atoms with E-state index in [1.807, 2.05) is 0 Å². The summed E-state index contributed by atoms with van der Waals surface area (Å²) in [6, 6.07) is 4.37. The van der Waals surface area contributed by atoms with Gasteiger partial charge < -0.3 is 19.7 Å². The Morgan fingerprint density at radius 1 is 1.21 bits per heavy atom. The second-order valence-corrected chi connectivity index (χ2v) is 9.32. The summed E-state index contributed by atoms with van der Waals surface area (Å²) >= 11 is 0. The average molecular weight is 471 g/mol. The topological polar surface area (TPSA) is 50.8 Å². The van der Waals surface area contributed by atoms with Crippen molar-refractivity contribution in [3.05, 3.63) is 34.9 Å². The van der Waals surface area contributed by atoms with Gasteiger partial charge in [0, 0.05) is 44.8 Å². The Bertz CT molecular complexity index is 787. The number of rotatable bonds is 4. The number of nitrogens with zero attached hydrogens (tertiary/aromatic N) is 1. The van der Waals surface area contributed by atoms with Crippen molar-refractivity contribution in [2.45, 2.75) is 83.3 Å². The lowest BCUT2D eigenvalue weighted by molar-refractivity contribution is -0.137. The Kier molecular flexibility index (Phi) is 9.18. The van der Waals surface area contributed by atoms with E-state index in [9.17, 15) is 18.0 Å². The molecule has 5 nitrogen and oxygen atoms in total. The third-order valence-corrected chi connectivity index (χ3v) is 6.70. The van der Waals surface area contributed by atoms with Gasteiger partial charge in [0.1, 0.15) is 0 Å². The summed E-state index contributed by atoms with van der Waals surface area (Å²) in [4.78, 5) is 14.8. The smallest absolute Gasteiger partial charge is 0.379 e. The van der Waals surface area contributed by atoms with E-state index in [0.29, 0.717) is 31.7 Å². The molecule has 0 bridgehead atoms. The van der Waals surface area contributed by atoms with E-state index in [2.05, 4.69) is 19.2 Å². The van der Waals surface area contributed by atoms with Crippen molar-refractivity contribution in [1.29, 1.82) is 0 Å². The quantitative estimate of drug-likeness (QED) is 0.701. The summed E-state index contributed by atoms with van der Waals surface area (Å²) in [6.07, 6.45) is 0.892. The summed E-state index contributed by atoms with van der Waals surface area (Å²) in [5.41, 5.74) is 0.871. The van der Waals surface area contributed by atoms with Crippen LogP contribution in [0.3, 0.4) is 0 Å². The maximum Gasteiger partial charge on any atom is 0.416 e. The predicted molar refractivity (Wildman–Crippen MR) is 121 cm³/mol. The van der Waals surface area contributed by atoms with Crippen molar-refractivity contribution in [2.75, 3.05) is 26.9 Å². The predicted octanol–water partition coefficient (Wildman–Crippen LogP) is 4.57. The molecule has 2 aliphatic heterocycles. The number of methoxy groups -OCH3 is 1. The monoisotopic (exact) mass is 470 g/mol. The van der Waals surface area contributed by atoms with Crippen LogP contribution in [0.2, 0.25) is 0 Å². The Labute approximate surface area is 195 Å². The van der Waals surface area contributed by atoms with Crippen molar-refractivity contribution in [2.24, 2.45) is 5.92 Å². The highest BCUT2D eigenvalue weighted by molar-refractivity contribution is 5.79. The molecule has 1 aliphatic carbocycles. The summed E-state index contributed by atoms with van der Waals surface area (Å²) in [5, 5.41) is 3.65. The Morgan fingerprint density at radius 2 is 1.97 bits per heavy atom.